The second-order valence-electron chi connectivity index (χ2n) is 0.343. The topological polar surface area (TPSA) is 46.5 Å². The molecule has 0 rings (SSSR count). The van der Waals surface area contributed by atoms with E-state index < -0.39 is 6.16 Å². The molecule has 0 atom stereocenters. The molecule has 3 nitrogen and oxygen atoms in total. The minimum Gasteiger partial charge on any atom is -0.448 e. The van der Waals surface area contributed by atoms with Gasteiger partial charge in [0.15, 0.2) is 0 Å². The van der Waals surface area contributed by atoms with Crippen molar-refractivity contribution in [3.05, 3.63) is 0 Å². The third kappa shape index (κ3) is 8.82. The van der Waals surface area contributed by atoms with Crippen molar-refractivity contribution in [1.82, 2.24) is 0 Å². The third-order valence-corrected chi connectivity index (χ3v) is 0.0660. The van der Waals surface area contributed by atoms with E-state index in [4.69, 9.17) is 9.90 Å². The fourth-order valence-electron chi connectivity index (χ4n) is 0. The predicted octanol–water partition coefficient (Wildman–Crippen LogP) is 0.566. The maximum Gasteiger partial charge on any atom is 0.542 e. The molecule has 0 aliphatic heterocycles. The first-order chi connectivity index (χ1) is 2.27. The van der Waals surface area contributed by atoms with Gasteiger partial charge in [0.1, 0.15) is 0 Å². The first-order valence-electron chi connectivity index (χ1n) is 0.786. The second kappa shape index (κ2) is 5.52. The van der Waals surface area contributed by atoms with Crippen LogP contribution in [0, 0.1) is 39.9 Å². The van der Waals surface area contributed by atoms with Crippen LogP contribution in [-0.4, -0.2) is 11.3 Å². The van der Waals surface area contributed by atoms with E-state index in [2.05, 4.69) is 4.94 Å². The molecule has 0 radical (unpaired) electrons. The van der Waals surface area contributed by atoms with Crippen molar-refractivity contribution in [3.8, 4) is 0 Å². The van der Waals surface area contributed by atoms with Gasteiger partial charge in [-0.25, -0.2) is 9.74 Å². The molecule has 0 aliphatic carbocycles. The zero-order valence-electron chi connectivity index (χ0n) is 2.50. The molecule has 0 aromatic carbocycles. The van der Waals surface area contributed by atoms with Crippen LogP contribution in [0.2, 0.25) is 0 Å². The summed E-state index contributed by atoms with van der Waals surface area (Å²) in [6.45, 7) is 0. The molecule has 1 N–H and O–H groups in total. The maximum absolute atomic E-state index is 10.0. The average Bonchev–Trinajstić information content (AvgIpc) is 1.38. The Kier molecular flexibility index (Phi) is 8.96. The van der Waals surface area contributed by atoms with E-state index in [0.29, 0.717) is 0 Å². The van der Waals surface area contributed by atoms with Crippen LogP contribution in [0.3, 0.4) is 0 Å². The molecular formula is CHFGdO3. The Balaban J connectivity index is 0. The Morgan fingerprint density at radius 2 is 2.00 bits per heavy atom. The van der Waals surface area contributed by atoms with Crippen molar-refractivity contribution in [2.45, 2.75) is 0 Å². The summed E-state index contributed by atoms with van der Waals surface area (Å²) in [7, 11) is 0. The first kappa shape index (κ1) is 9.73. The largest absolute Gasteiger partial charge is 0.542 e. The van der Waals surface area contributed by atoms with Crippen LogP contribution in [0.4, 0.5) is 9.32 Å². The Labute approximate surface area is 65.1 Å². The summed E-state index contributed by atoms with van der Waals surface area (Å²) in [5, 5.41) is 7.12. The van der Waals surface area contributed by atoms with Crippen LogP contribution in [-0.2, 0) is 4.94 Å². The van der Waals surface area contributed by atoms with Crippen LogP contribution < -0.4 is 0 Å². The molecule has 0 spiro atoms. The van der Waals surface area contributed by atoms with E-state index in [0.717, 1.165) is 0 Å². The molecule has 38 valence electrons. The van der Waals surface area contributed by atoms with Crippen molar-refractivity contribution < 1.29 is 59.3 Å². The zero-order chi connectivity index (χ0) is 4.28. The minimum atomic E-state index is -1.91. The molecule has 0 amide bonds. The SMILES string of the molecule is O=C(O)OF.[Gd]. The van der Waals surface area contributed by atoms with Crippen LogP contribution in [0.15, 0.2) is 0 Å². The van der Waals surface area contributed by atoms with E-state index in [9.17, 15) is 4.53 Å². The molecule has 0 saturated carbocycles. The van der Waals surface area contributed by atoms with Crippen molar-refractivity contribution >= 4 is 6.16 Å². The monoisotopic (exact) mass is 238 g/mol. The number of carboxylic acid groups (broad SMARTS) is 1. The molecule has 0 heterocycles. The van der Waals surface area contributed by atoms with Crippen molar-refractivity contribution in [1.29, 1.82) is 0 Å². The molecule has 0 aromatic rings. The average molecular weight is 237 g/mol. The fraction of sp³-hybridized carbons (Fsp3) is 0. The van der Waals surface area contributed by atoms with Crippen molar-refractivity contribution in [3.63, 3.8) is 0 Å². The van der Waals surface area contributed by atoms with Crippen molar-refractivity contribution in [2.75, 3.05) is 0 Å². The Bertz CT molecular complexity index is 46.1. The molecule has 0 aliphatic rings. The van der Waals surface area contributed by atoms with Gasteiger partial charge in [-0.1, -0.05) is 0 Å². The van der Waals surface area contributed by atoms with E-state index >= 15 is 0 Å². The number of hydrogen-bond donors (Lipinski definition) is 1. The van der Waals surface area contributed by atoms with E-state index in [1.807, 2.05) is 0 Å². The number of hydrogen-bond acceptors (Lipinski definition) is 2. The normalized spacial score (nSPS) is 5.50. The van der Waals surface area contributed by atoms with Gasteiger partial charge in [0.2, 0.25) is 0 Å². The van der Waals surface area contributed by atoms with Gasteiger partial charge in [0, 0.05) is 44.5 Å². The quantitative estimate of drug-likeness (QED) is 0.670. The molecule has 0 aromatic heterocycles. The van der Waals surface area contributed by atoms with Crippen LogP contribution >= 0.6 is 0 Å². The van der Waals surface area contributed by atoms with E-state index in [1.54, 1.807) is 0 Å². The molecular weight excluding hydrogens is 236 g/mol. The number of rotatable bonds is 0. The summed E-state index contributed by atoms with van der Waals surface area (Å²) in [4.78, 5) is 10.9. The summed E-state index contributed by atoms with van der Waals surface area (Å²) in [5.74, 6) is 0. The number of halogens is 1. The van der Waals surface area contributed by atoms with Crippen LogP contribution in [0.25, 0.3) is 0 Å². The van der Waals surface area contributed by atoms with Gasteiger partial charge >= 0.3 is 6.16 Å². The van der Waals surface area contributed by atoms with Gasteiger partial charge in [-0.2, -0.15) is 0 Å². The third-order valence-electron chi connectivity index (χ3n) is 0.0660. The summed E-state index contributed by atoms with van der Waals surface area (Å²) in [6, 6.07) is 0. The first-order valence-corrected chi connectivity index (χ1v) is 0.786. The fourth-order valence-corrected chi connectivity index (χ4v) is 0. The standard InChI is InChI=1S/CHFO3.Gd/c2-5-1(3)4;/h(H,3,4);. The summed E-state index contributed by atoms with van der Waals surface area (Å²) in [5.41, 5.74) is 0. The van der Waals surface area contributed by atoms with E-state index in [-0.39, 0.29) is 39.9 Å². The zero-order valence-corrected chi connectivity index (χ0v) is 4.76. The van der Waals surface area contributed by atoms with Gasteiger partial charge in [0.05, 0.1) is 0 Å². The van der Waals surface area contributed by atoms with Gasteiger partial charge in [0.25, 0.3) is 0 Å². The maximum atomic E-state index is 10.0. The number of carbonyl (C=O) groups is 1. The molecule has 5 heteroatoms. The molecule has 0 bridgehead atoms. The predicted molar refractivity (Wildman–Crippen MR) is 10.2 cm³/mol. The molecule has 0 fully saturated rings. The smallest absolute Gasteiger partial charge is 0.448 e. The summed E-state index contributed by atoms with van der Waals surface area (Å²) >= 11 is 0. The van der Waals surface area contributed by atoms with E-state index in [1.165, 1.54) is 0 Å². The Morgan fingerprint density at radius 3 is 2.00 bits per heavy atom. The van der Waals surface area contributed by atoms with Crippen LogP contribution in [0.1, 0.15) is 0 Å². The second-order valence-corrected chi connectivity index (χ2v) is 0.343. The Morgan fingerprint density at radius 1 is 1.83 bits per heavy atom. The summed E-state index contributed by atoms with van der Waals surface area (Å²) < 4.78 is 10.0. The molecule has 0 saturated heterocycles. The van der Waals surface area contributed by atoms with Gasteiger partial charge in [-0.3, -0.25) is 0 Å². The Hall–Kier alpha value is 0.525. The van der Waals surface area contributed by atoms with Crippen molar-refractivity contribution in [2.24, 2.45) is 0 Å². The van der Waals surface area contributed by atoms with Gasteiger partial charge in [-0.15, -0.1) is 0 Å². The molecule has 0 unspecified atom stereocenters. The van der Waals surface area contributed by atoms with Crippen LogP contribution in [0.5, 0.6) is 0 Å². The molecule has 6 heavy (non-hydrogen) atoms. The van der Waals surface area contributed by atoms with Gasteiger partial charge in [-0.05, 0) is 0 Å². The minimum absolute atomic E-state index is 0. The summed E-state index contributed by atoms with van der Waals surface area (Å²) in [6.07, 6.45) is -1.91. The van der Waals surface area contributed by atoms with Gasteiger partial charge < -0.3 is 5.11 Å².